The van der Waals surface area contributed by atoms with E-state index in [4.69, 9.17) is 4.74 Å². The summed E-state index contributed by atoms with van der Waals surface area (Å²) in [5.74, 6) is 0.0219. The maximum atomic E-state index is 11.2. The van der Waals surface area contributed by atoms with Gasteiger partial charge in [-0.3, -0.25) is 4.79 Å². The molecule has 0 aliphatic heterocycles. The average molecular weight is 200 g/mol. The second-order valence-corrected chi connectivity index (χ2v) is 3.89. The molecule has 2 heteroatoms. The van der Waals surface area contributed by atoms with E-state index >= 15 is 0 Å². The average Bonchev–Trinajstić information content (AvgIpc) is 2.21. The van der Waals surface area contributed by atoms with Crippen molar-refractivity contribution in [3.8, 4) is 0 Å². The highest BCUT2D eigenvalue weighted by molar-refractivity contribution is 5.71. The summed E-state index contributed by atoms with van der Waals surface area (Å²) in [5.41, 5.74) is 0. The number of carbonyl (C=O) groups is 1. The van der Waals surface area contributed by atoms with Crippen LogP contribution in [0.25, 0.3) is 0 Å². The van der Waals surface area contributed by atoms with Crippen molar-refractivity contribution in [3.63, 3.8) is 0 Å². The molecule has 1 atom stereocenters. The molecule has 84 valence electrons. The van der Waals surface area contributed by atoms with Crippen LogP contribution in [0.2, 0.25) is 0 Å². The summed E-state index contributed by atoms with van der Waals surface area (Å²) in [4.78, 5) is 11.2. The highest BCUT2D eigenvalue weighted by Crippen LogP contribution is 2.06. The molecule has 0 aromatic rings. The topological polar surface area (TPSA) is 26.3 Å². The van der Waals surface area contributed by atoms with Crippen LogP contribution in [0.3, 0.4) is 0 Å². The van der Waals surface area contributed by atoms with Crippen LogP contribution in [-0.2, 0) is 9.53 Å². The van der Waals surface area contributed by atoms with Crippen molar-refractivity contribution in [2.75, 3.05) is 6.61 Å². The fraction of sp³-hybridized carbons (Fsp3) is 0.917. The maximum Gasteiger partial charge on any atom is 0.308 e. The molecule has 0 N–H and O–H groups in total. The lowest BCUT2D eigenvalue weighted by Crippen LogP contribution is -2.14. The smallest absolute Gasteiger partial charge is 0.308 e. The van der Waals surface area contributed by atoms with Gasteiger partial charge in [0.25, 0.3) is 0 Å². The van der Waals surface area contributed by atoms with E-state index in [0.717, 1.165) is 12.8 Å². The summed E-state index contributed by atoms with van der Waals surface area (Å²) >= 11 is 0. The van der Waals surface area contributed by atoms with Crippen molar-refractivity contribution in [1.29, 1.82) is 0 Å². The number of rotatable bonds is 8. The molecule has 0 saturated carbocycles. The summed E-state index contributed by atoms with van der Waals surface area (Å²) in [6.07, 6.45) is 6.88. The zero-order chi connectivity index (χ0) is 10.8. The zero-order valence-corrected chi connectivity index (χ0v) is 9.84. The number of esters is 1. The van der Waals surface area contributed by atoms with Gasteiger partial charge in [0, 0.05) is 0 Å². The van der Waals surface area contributed by atoms with Crippen molar-refractivity contribution < 1.29 is 9.53 Å². The molecule has 0 aliphatic carbocycles. The van der Waals surface area contributed by atoms with E-state index in [2.05, 4.69) is 6.92 Å². The number of hydrogen-bond donors (Lipinski definition) is 0. The van der Waals surface area contributed by atoms with Crippen LogP contribution in [0.4, 0.5) is 0 Å². The Morgan fingerprint density at radius 2 is 1.79 bits per heavy atom. The first-order valence-electron chi connectivity index (χ1n) is 5.89. The standard InChI is InChI=1S/C12H24O2/c1-4-6-7-8-9-10-14-12(13)11(3)5-2/h11H,4-10H2,1-3H3. The summed E-state index contributed by atoms with van der Waals surface area (Å²) in [6, 6.07) is 0. The highest BCUT2D eigenvalue weighted by Gasteiger charge is 2.10. The van der Waals surface area contributed by atoms with E-state index < -0.39 is 0 Å². The molecule has 0 aromatic heterocycles. The van der Waals surface area contributed by atoms with Crippen molar-refractivity contribution in [2.24, 2.45) is 5.92 Å². The molecule has 0 aliphatic rings. The van der Waals surface area contributed by atoms with Crippen LogP contribution in [0.5, 0.6) is 0 Å². The Labute approximate surface area is 88.0 Å². The van der Waals surface area contributed by atoms with Gasteiger partial charge in [-0.2, -0.15) is 0 Å². The third-order valence-corrected chi connectivity index (χ3v) is 2.51. The van der Waals surface area contributed by atoms with Gasteiger partial charge in [0.05, 0.1) is 12.5 Å². The van der Waals surface area contributed by atoms with Crippen molar-refractivity contribution in [2.45, 2.75) is 59.3 Å². The first-order chi connectivity index (χ1) is 6.72. The fourth-order valence-electron chi connectivity index (χ4n) is 1.19. The van der Waals surface area contributed by atoms with Gasteiger partial charge in [0.2, 0.25) is 0 Å². The normalized spacial score (nSPS) is 12.5. The largest absolute Gasteiger partial charge is 0.465 e. The Morgan fingerprint density at radius 1 is 1.14 bits per heavy atom. The van der Waals surface area contributed by atoms with Crippen molar-refractivity contribution >= 4 is 5.97 Å². The molecule has 0 spiro atoms. The van der Waals surface area contributed by atoms with Crippen LogP contribution in [0.15, 0.2) is 0 Å². The summed E-state index contributed by atoms with van der Waals surface area (Å²) in [6.45, 7) is 6.72. The predicted octanol–water partition coefficient (Wildman–Crippen LogP) is 3.55. The van der Waals surface area contributed by atoms with E-state index in [-0.39, 0.29) is 11.9 Å². The molecule has 0 heterocycles. The molecule has 1 unspecified atom stereocenters. The predicted molar refractivity (Wildman–Crippen MR) is 59.2 cm³/mol. The molecule has 2 nitrogen and oxygen atoms in total. The van der Waals surface area contributed by atoms with Crippen molar-refractivity contribution in [1.82, 2.24) is 0 Å². The molecule has 0 bridgehead atoms. The van der Waals surface area contributed by atoms with E-state index in [1.807, 2.05) is 13.8 Å². The van der Waals surface area contributed by atoms with Gasteiger partial charge in [0.15, 0.2) is 0 Å². The van der Waals surface area contributed by atoms with Crippen LogP contribution in [0, 0.1) is 5.92 Å². The summed E-state index contributed by atoms with van der Waals surface area (Å²) in [7, 11) is 0. The van der Waals surface area contributed by atoms with Gasteiger partial charge in [-0.1, -0.05) is 46.5 Å². The second-order valence-electron chi connectivity index (χ2n) is 3.89. The molecular formula is C12H24O2. The minimum Gasteiger partial charge on any atom is -0.465 e. The first kappa shape index (κ1) is 13.5. The maximum absolute atomic E-state index is 11.2. The van der Waals surface area contributed by atoms with Gasteiger partial charge in [-0.25, -0.2) is 0 Å². The van der Waals surface area contributed by atoms with Gasteiger partial charge in [-0.05, 0) is 12.8 Å². The van der Waals surface area contributed by atoms with Gasteiger partial charge in [-0.15, -0.1) is 0 Å². The molecule has 0 aromatic carbocycles. The van der Waals surface area contributed by atoms with E-state index in [1.165, 1.54) is 25.7 Å². The quantitative estimate of drug-likeness (QED) is 0.442. The monoisotopic (exact) mass is 200 g/mol. The number of carbonyl (C=O) groups excluding carboxylic acids is 1. The molecule has 0 saturated heterocycles. The van der Waals surface area contributed by atoms with E-state index in [9.17, 15) is 4.79 Å². The second kappa shape index (κ2) is 9.04. The molecule has 0 rings (SSSR count). The van der Waals surface area contributed by atoms with Crippen LogP contribution < -0.4 is 0 Å². The Kier molecular flexibility index (Phi) is 8.70. The fourth-order valence-corrected chi connectivity index (χ4v) is 1.19. The lowest BCUT2D eigenvalue weighted by Gasteiger charge is -2.08. The molecule has 14 heavy (non-hydrogen) atoms. The highest BCUT2D eigenvalue weighted by atomic mass is 16.5. The third-order valence-electron chi connectivity index (χ3n) is 2.51. The molecular weight excluding hydrogens is 176 g/mol. The Balaban J connectivity index is 3.23. The van der Waals surface area contributed by atoms with Gasteiger partial charge < -0.3 is 4.74 Å². The molecule has 0 radical (unpaired) electrons. The zero-order valence-electron chi connectivity index (χ0n) is 9.84. The molecule has 0 amide bonds. The van der Waals surface area contributed by atoms with Crippen LogP contribution >= 0.6 is 0 Å². The lowest BCUT2D eigenvalue weighted by molar-refractivity contribution is -0.148. The van der Waals surface area contributed by atoms with Crippen LogP contribution in [-0.4, -0.2) is 12.6 Å². The SMILES string of the molecule is CCCCCCCOC(=O)C(C)CC. The summed E-state index contributed by atoms with van der Waals surface area (Å²) < 4.78 is 5.14. The van der Waals surface area contributed by atoms with E-state index in [0.29, 0.717) is 6.61 Å². The van der Waals surface area contributed by atoms with Gasteiger partial charge >= 0.3 is 5.97 Å². The first-order valence-corrected chi connectivity index (χ1v) is 5.89. The Morgan fingerprint density at radius 3 is 2.36 bits per heavy atom. The van der Waals surface area contributed by atoms with E-state index in [1.54, 1.807) is 0 Å². The van der Waals surface area contributed by atoms with Crippen molar-refractivity contribution in [3.05, 3.63) is 0 Å². The summed E-state index contributed by atoms with van der Waals surface area (Å²) in [5, 5.41) is 0. The minimum atomic E-state index is -0.0389. The number of hydrogen-bond acceptors (Lipinski definition) is 2. The minimum absolute atomic E-state index is 0.0389. The molecule has 0 fully saturated rings. The third kappa shape index (κ3) is 6.93. The Hall–Kier alpha value is -0.530. The lowest BCUT2D eigenvalue weighted by atomic mass is 10.1. The Bertz CT molecular complexity index is 143. The van der Waals surface area contributed by atoms with Gasteiger partial charge in [0.1, 0.15) is 0 Å². The van der Waals surface area contributed by atoms with Crippen LogP contribution in [0.1, 0.15) is 59.3 Å². The number of unbranched alkanes of at least 4 members (excludes halogenated alkanes) is 4. The number of ether oxygens (including phenoxy) is 1.